The molecule has 0 aromatic rings. The molecule has 0 aliphatic carbocycles. The van der Waals surface area contributed by atoms with Crippen molar-refractivity contribution in [1.29, 1.82) is 0 Å². The molecule has 14 heavy (non-hydrogen) atoms. The molecule has 0 saturated carbocycles. The van der Waals surface area contributed by atoms with Crippen molar-refractivity contribution in [1.82, 2.24) is 0 Å². The Hall–Kier alpha value is 0.942. The third-order valence-corrected chi connectivity index (χ3v) is 3.77. The van der Waals surface area contributed by atoms with Gasteiger partial charge in [0, 0.05) is 17.4 Å². The summed E-state index contributed by atoms with van der Waals surface area (Å²) in [6.45, 7) is 0. The fourth-order valence-electron chi connectivity index (χ4n) is 0.284. The van der Waals surface area contributed by atoms with Gasteiger partial charge in [0.15, 0.2) is 0 Å². The van der Waals surface area contributed by atoms with Gasteiger partial charge in [-0.25, -0.2) is 13.7 Å². The summed E-state index contributed by atoms with van der Waals surface area (Å²) in [7, 11) is -16.2. The van der Waals surface area contributed by atoms with Crippen molar-refractivity contribution in [2.45, 2.75) is 0 Å². The maximum Gasteiger partial charge on any atom is 0.490 e. The number of phosphoric acid groups is 3. The van der Waals surface area contributed by atoms with E-state index in [1.54, 1.807) is 0 Å². The van der Waals surface area contributed by atoms with Crippen LogP contribution in [0.4, 0.5) is 0 Å². The second-order valence-electron chi connectivity index (χ2n) is 1.61. The average Bonchev–Trinajstić information content (AvgIpc) is 1.43. The maximum absolute atomic E-state index is 10.4. The predicted molar refractivity (Wildman–Crippen MR) is 36.1 cm³/mol. The molecule has 0 bridgehead atoms. The van der Waals surface area contributed by atoms with Crippen molar-refractivity contribution < 1.29 is 64.1 Å². The smallest absolute Gasteiger partial charge is 0.302 e. The fraction of sp³-hybridized carbons (Fsp3) is 0. The molecule has 86 valence electrons. The standard InChI is InChI=1S/Cr.H5O10P3/c;1-11(2,3)9-13(7,8)10-12(4,5)6/h;(H,7,8)(H2,1,2,3)(H2,4,5,6). The van der Waals surface area contributed by atoms with E-state index in [2.05, 4.69) is 8.62 Å². The van der Waals surface area contributed by atoms with Gasteiger partial charge in [-0.15, -0.1) is 0 Å². The largest absolute Gasteiger partial charge is 0.490 e. The van der Waals surface area contributed by atoms with Crippen LogP contribution in [0.2, 0.25) is 0 Å². The maximum atomic E-state index is 10.4. The summed E-state index contributed by atoms with van der Waals surface area (Å²) in [6, 6.07) is 0. The van der Waals surface area contributed by atoms with Crippen LogP contribution in [-0.2, 0) is 39.7 Å². The number of hydrogen-bond donors (Lipinski definition) is 5. The van der Waals surface area contributed by atoms with Gasteiger partial charge >= 0.3 is 23.5 Å². The number of hydrogen-bond acceptors (Lipinski definition) is 5. The zero-order valence-electron chi connectivity index (χ0n) is 6.03. The molecule has 0 atom stereocenters. The Balaban J connectivity index is 0. The van der Waals surface area contributed by atoms with Crippen LogP contribution in [0, 0.1) is 0 Å². The molecule has 0 aromatic heterocycles. The van der Waals surface area contributed by atoms with E-state index in [0.29, 0.717) is 0 Å². The Bertz CT molecular complexity index is 277. The molecule has 10 nitrogen and oxygen atoms in total. The van der Waals surface area contributed by atoms with Gasteiger partial charge in [0.25, 0.3) is 0 Å². The molecule has 0 heterocycles. The van der Waals surface area contributed by atoms with Gasteiger partial charge in [-0.3, -0.25) is 0 Å². The normalized spacial score (nSPS) is 13.5. The summed E-state index contributed by atoms with van der Waals surface area (Å²) in [5.41, 5.74) is 0. The molecule has 0 fully saturated rings. The minimum absolute atomic E-state index is 0. The SMILES string of the molecule is O=P(O)(O)OP(=O)(O)OP(=O)(O)O.[Cr]. The van der Waals surface area contributed by atoms with Gasteiger partial charge < -0.3 is 24.5 Å². The van der Waals surface area contributed by atoms with Crippen LogP contribution in [0.1, 0.15) is 0 Å². The van der Waals surface area contributed by atoms with E-state index in [0.717, 1.165) is 0 Å². The summed E-state index contributed by atoms with van der Waals surface area (Å²) in [6.07, 6.45) is 0. The van der Waals surface area contributed by atoms with E-state index in [4.69, 9.17) is 24.5 Å². The van der Waals surface area contributed by atoms with Crippen LogP contribution in [0.5, 0.6) is 0 Å². The molecule has 0 unspecified atom stereocenters. The topological polar surface area (TPSA) is 171 Å². The molecule has 5 N–H and O–H groups in total. The van der Waals surface area contributed by atoms with Gasteiger partial charge in [-0.1, -0.05) is 0 Å². The molecule has 14 heteroatoms. The summed E-state index contributed by atoms with van der Waals surface area (Å²) in [4.78, 5) is 40.2. The van der Waals surface area contributed by atoms with Crippen molar-refractivity contribution in [2.75, 3.05) is 0 Å². The van der Waals surface area contributed by atoms with Crippen LogP contribution in [-0.4, -0.2) is 24.5 Å². The molecule has 0 aliphatic heterocycles. The van der Waals surface area contributed by atoms with Crippen LogP contribution in [0.25, 0.3) is 0 Å². The summed E-state index contributed by atoms with van der Waals surface area (Å²) < 4.78 is 36.4. The second-order valence-corrected chi connectivity index (χ2v) is 5.82. The zero-order valence-corrected chi connectivity index (χ0v) is 9.99. The van der Waals surface area contributed by atoms with Crippen LogP contribution >= 0.6 is 23.5 Å². The minimum Gasteiger partial charge on any atom is -0.302 e. The first-order chi connectivity index (χ1) is 5.41. The van der Waals surface area contributed by atoms with Gasteiger partial charge in [0.05, 0.1) is 0 Å². The third-order valence-electron chi connectivity index (χ3n) is 0.419. The Morgan fingerprint density at radius 1 is 0.714 bits per heavy atom. The Morgan fingerprint density at radius 2 is 0.929 bits per heavy atom. The van der Waals surface area contributed by atoms with Crippen molar-refractivity contribution in [3.05, 3.63) is 0 Å². The average molecular weight is 310 g/mol. The molecule has 0 amide bonds. The summed E-state index contributed by atoms with van der Waals surface area (Å²) in [5.74, 6) is 0. The molecule has 0 aromatic carbocycles. The molecular formula is H5CrO10P3. The predicted octanol–water partition coefficient (Wildman–Crippen LogP) is -0.697. The summed E-state index contributed by atoms with van der Waals surface area (Å²) in [5, 5.41) is 0. The number of rotatable bonds is 4. The Kier molecular flexibility index (Phi) is 6.60. The van der Waals surface area contributed by atoms with Crippen LogP contribution in [0.3, 0.4) is 0 Å². The molecule has 0 aliphatic rings. The van der Waals surface area contributed by atoms with Gasteiger partial charge in [0.1, 0.15) is 0 Å². The van der Waals surface area contributed by atoms with E-state index in [9.17, 15) is 13.7 Å². The van der Waals surface area contributed by atoms with Gasteiger partial charge in [-0.2, -0.15) is 8.62 Å². The molecule has 0 radical (unpaired) electrons. The fourth-order valence-corrected chi connectivity index (χ4v) is 2.82. The quantitative estimate of drug-likeness (QED) is 0.418. The zero-order chi connectivity index (χ0) is 10.9. The minimum atomic E-state index is -5.46. The van der Waals surface area contributed by atoms with Gasteiger partial charge in [-0.05, 0) is 0 Å². The van der Waals surface area contributed by atoms with E-state index in [-0.39, 0.29) is 17.4 Å². The van der Waals surface area contributed by atoms with E-state index < -0.39 is 23.5 Å². The van der Waals surface area contributed by atoms with Crippen LogP contribution in [0.15, 0.2) is 0 Å². The molecule has 0 rings (SSSR count). The Morgan fingerprint density at radius 3 is 1.07 bits per heavy atom. The van der Waals surface area contributed by atoms with Crippen molar-refractivity contribution >= 4 is 23.5 Å². The van der Waals surface area contributed by atoms with E-state index in [1.165, 1.54) is 0 Å². The van der Waals surface area contributed by atoms with E-state index >= 15 is 0 Å². The van der Waals surface area contributed by atoms with E-state index in [1.807, 2.05) is 0 Å². The van der Waals surface area contributed by atoms with Gasteiger partial charge in [0.2, 0.25) is 0 Å². The summed E-state index contributed by atoms with van der Waals surface area (Å²) >= 11 is 0. The molecular weight excluding hydrogens is 305 g/mol. The van der Waals surface area contributed by atoms with Crippen molar-refractivity contribution in [3.8, 4) is 0 Å². The first kappa shape index (κ1) is 17.3. The molecule has 0 saturated heterocycles. The first-order valence-electron chi connectivity index (χ1n) is 2.28. The Labute approximate surface area is 88.1 Å². The van der Waals surface area contributed by atoms with Crippen molar-refractivity contribution in [3.63, 3.8) is 0 Å². The third kappa shape index (κ3) is 11.0. The van der Waals surface area contributed by atoms with Crippen molar-refractivity contribution in [2.24, 2.45) is 0 Å². The van der Waals surface area contributed by atoms with Crippen LogP contribution < -0.4 is 0 Å². The first-order valence-corrected chi connectivity index (χ1v) is 6.83. The molecule has 0 spiro atoms. The monoisotopic (exact) mass is 310 g/mol. The second kappa shape index (κ2) is 5.32.